The van der Waals surface area contributed by atoms with E-state index in [0.717, 1.165) is 4.88 Å². The Morgan fingerprint density at radius 3 is 2.75 bits per heavy atom. The third-order valence-electron chi connectivity index (χ3n) is 1.63. The van der Waals surface area contributed by atoms with Gasteiger partial charge in [0.05, 0.1) is 6.61 Å². The Morgan fingerprint density at radius 2 is 2.19 bits per heavy atom. The zero-order valence-corrected chi connectivity index (χ0v) is 9.80. The molecule has 88 valence electrons. The molecule has 0 aliphatic carbocycles. The van der Waals surface area contributed by atoms with Crippen LogP contribution >= 0.6 is 11.3 Å². The van der Waals surface area contributed by atoms with Gasteiger partial charge in [0.2, 0.25) is 0 Å². The number of carbonyl (C=O) groups is 2. The molecule has 0 spiro atoms. The maximum atomic E-state index is 11.5. The molecular formula is C10H12O5S. The Kier molecular flexibility index (Phi) is 4.30. The van der Waals surface area contributed by atoms with Crippen molar-refractivity contribution >= 4 is 23.3 Å². The lowest BCUT2D eigenvalue weighted by atomic mass is 10.4. The molecule has 0 radical (unpaired) electrons. The van der Waals surface area contributed by atoms with Crippen LogP contribution in [0.4, 0.5) is 0 Å². The van der Waals surface area contributed by atoms with E-state index in [-0.39, 0.29) is 0 Å². The van der Waals surface area contributed by atoms with E-state index < -0.39 is 18.5 Å². The van der Waals surface area contributed by atoms with E-state index >= 15 is 0 Å². The van der Waals surface area contributed by atoms with Gasteiger partial charge in [0.1, 0.15) is 5.75 Å². The third-order valence-corrected chi connectivity index (χ3v) is 2.64. The van der Waals surface area contributed by atoms with E-state index in [1.807, 2.05) is 6.92 Å². The number of ether oxygens (including phenoxy) is 2. The van der Waals surface area contributed by atoms with Crippen molar-refractivity contribution in [3.8, 4) is 5.75 Å². The first kappa shape index (κ1) is 12.5. The predicted molar refractivity (Wildman–Crippen MR) is 58.1 cm³/mol. The average Bonchev–Trinajstić information content (AvgIpc) is 2.56. The van der Waals surface area contributed by atoms with Gasteiger partial charge in [0.25, 0.3) is 0 Å². The normalized spacial score (nSPS) is 9.88. The molecule has 0 saturated heterocycles. The van der Waals surface area contributed by atoms with Gasteiger partial charge >= 0.3 is 11.9 Å². The van der Waals surface area contributed by atoms with Crippen molar-refractivity contribution in [2.75, 3.05) is 13.2 Å². The van der Waals surface area contributed by atoms with Crippen molar-refractivity contribution in [1.29, 1.82) is 0 Å². The average molecular weight is 244 g/mol. The van der Waals surface area contributed by atoms with Crippen LogP contribution in [-0.2, 0) is 9.53 Å². The molecule has 1 aromatic heterocycles. The highest BCUT2D eigenvalue weighted by Crippen LogP contribution is 2.29. The highest BCUT2D eigenvalue weighted by molar-refractivity contribution is 7.14. The lowest BCUT2D eigenvalue weighted by Crippen LogP contribution is -2.12. The first-order valence-electron chi connectivity index (χ1n) is 4.66. The third kappa shape index (κ3) is 3.23. The summed E-state index contributed by atoms with van der Waals surface area (Å²) in [7, 11) is 0. The van der Waals surface area contributed by atoms with Gasteiger partial charge in [0, 0.05) is 4.88 Å². The molecule has 0 atom stereocenters. The first-order chi connectivity index (χ1) is 7.54. The van der Waals surface area contributed by atoms with Crippen LogP contribution < -0.4 is 4.74 Å². The number of rotatable bonds is 5. The van der Waals surface area contributed by atoms with E-state index in [1.165, 1.54) is 11.3 Å². The quantitative estimate of drug-likeness (QED) is 0.798. The molecule has 0 aromatic carbocycles. The van der Waals surface area contributed by atoms with E-state index in [2.05, 4.69) is 4.74 Å². The molecule has 1 N–H and O–H groups in total. The maximum Gasteiger partial charge on any atom is 0.352 e. The van der Waals surface area contributed by atoms with Crippen LogP contribution in [0.3, 0.4) is 0 Å². The van der Waals surface area contributed by atoms with E-state index in [4.69, 9.17) is 9.84 Å². The van der Waals surface area contributed by atoms with Crippen LogP contribution in [0, 0.1) is 6.92 Å². The molecule has 1 aromatic rings. The van der Waals surface area contributed by atoms with Gasteiger partial charge < -0.3 is 14.6 Å². The minimum absolute atomic E-state index is 0.306. The van der Waals surface area contributed by atoms with Gasteiger partial charge in [0.15, 0.2) is 11.5 Å². The molecular weight excluding hydrogens is 232 g/mol. The van der Waals surface area contributed by atoms with Gasteiger partial charge in [-0.05, 0) is 19.9 Å². The minimum atomic E-state index is -1.18. The van der Waals surface area contributed by atoms with Crippen molar-refractivity contribution in [1.82, 2.24) is 0 Å². The Balaban J connectivity index is 2.77. The van der Waals surface area contributed by atoms with Crippen molar-refractivity contribution in [2.45, 2.75) is 13.8 Å². The number of aliphatic carboxylic acids is 1. The van der Waals surface area contributed by atoms with Crippen LogP contribution in [-0.4, -0.2) is 30.3 Å². The summed E-state index contributed by atoms with van der Waals surface area (Å²) in [6.07, 6.45) is 0. The van der Waals surface area contributed by atoms with E-state index in [9.17, 15) is 9.59 Å². The zero-order valence-electron chi connectivity index (χ0n) is 8.98. The van der Waals surface area contributed by atoms with Gasteiger partial charge in [-0.25, -0.2) is 9.59 Å². The fraction of sp³-hybridized carbons (Fsp3) is 0.400. The van der Waals surface area contributed by atoms with Crippen LogP contribution in [0.5, 0.6) is 5.75 Å². The fourth-order valence-electron chi connectivity index (χ4n) is 1.09. The molecule has 1 heterocycles. The molecule has 6 heteroatoms. The molecule has 16 heavy (non-hydrogen) atoms. The molecule has 5 nitrogen and oxygen atoms in total. The number of hydrogen-bond acceptors (Lipinski definition) is 5. The van der Waals surface area contributed by atoms with Gasteiger partial charge in [-0.1, -0.05) is 0 Å². The topological polar surface area (TPSA) is 72.8 Å². The first-order valence-corrected chi connectivity index (χ1v) is 5.48. The monoisotopic (exact) mass is 244 g/mol. The number of thiophene rings is 1. The summed E-state index contributed by atoms with van der Waals surface area (Å²) in [6, 6.07) is 1.73. The summed E-state index contributed by atoms with van der Waals surface area (Å²) in [6.45, 7) is 3.44. The Labute approximate surface area is 96.6 Å². The van der Waals surface area contributed by atoms with Gasteiger partial charge in [-0.2, -0.15) is 0 Å². The molecule has 0 amide bonds. The Bertz CT molecular complexity index is 396. The summed E-state index contributed by atoms with van der Waals surface area (Å²) in [5, 5.41) is 8.38. The number of aryl methyl sites for hydroxylation is 1. The van der Waals surface area contributed by atoms with E-state index in [0.29, 0.717) is 17.2 Å². The predicted octanol–water partition coefficient (Wildman–Crippen LogP) is 1.70. The Morgan fingerprint density at radius 1 is 1.50 bits per heavy atom. The molecule has 0 saturated carbocycles. The van der Waals surface area contributed by atoms with Crippen LogP contribution in [0.25, 0.3) is 0 Å². The van der Waals surface area contributed by atoms with E-state index in [1.54, 1.807) is 13.0 Å². The Hall–Kier alpha value is -1.56. The zero-order chi connectivity index (χ0) is 12.1. The number of esters is 1. The summed E-state index contributed by atoms with van der Waals surface area (Å²) in [5.41, 5.74) is 0. The molecule has 0 fully saturated rings. The smallest absolute Gasteiger partial charge is 0.352 e. The molecule has 0 unspecified atom stereocenters. The summed E-state index contributed by atoms with van der Waals surface area (Å²) in [4.78, 5) is 23.0. The molecule has 0 aliphatic rings. The number of carboxylic acids is 1. The number of carboxylic acid groups (broad SMARTS) is 1. The van der Waals surface area contributed by atoms with Crippen LogP contribution in [0.2, 0.25) is 0 Å². The van der Waals surface area contributed by atoms with Gasteiger partial charge in [-0.3, -0.25) is 0 Å². The highest BCUT2D eigenvalue weighted by Gasteiger charge is 2.18. The van der Waals surface area contributed by atoms with Crippen molar-refractivity contribution < 1.29 is 24.2 Å². The second kappa shape index (κ2) is 5.50. The summed E-state index contributed by atoms with van der Waals surface area (Å²) < 4.78 is 9.83. The molecule has 1 rings (SSSR count). The highest BCUT2D eigenvalue weighted by atomic mass is 32.1. The lowest BCUT2D eigenvalue weighted by Gasteiger charge is -2.03. The molecule has 0 bridgehead atoms. The number of hydrogen-bond donors (Lipinski definition) is 1. The SMILES string of the molecule is CCOc1cc(C)sc1C(=O)OCC(=O)O. The molecule has 0 aliphatic heterocycles. The standard InChI is InChI=1S/C10H12O5S/c1-3-14-7-4-6(2)16-9(7)10(13)15-5-8(11)12/h4H,3,5H2,1-2H3,(H,11,12). The summed E-state index contributed by atoms with van der Waals surface area (Å²) in [5.74, 6) is -1.40. The van der Waals surface area contributed by atoms with Crippen molar-refractivity contribution in [3.63, 3.8) is 0 Å². The number of carbonyl (C=O) groups excluding carboxylic acids is 1. The van der Waals surface area contributed by atoms with Crippen LogP contribution in [0.15, 0.2) is 6.07 Å². The minimum Gasteiger partial charge on any atom is -0.492 e. The largest absolute Gasteiger partial charge is 0.492 e. The second-order valence-electron chi connectivity index (χ2n) is 2.95. The maximum absolute atomic E-state index is 11.5. The summed E-state index contributed by atoms with van der Waals surface area (Å²) >= 11 is 1.22. The fourth-order valence-corrected chi connectivity index (χ4v) is 1.94. The van der Waals surface area contributed by atoms with Crippen molar-refractivity contribution in [3.05, 3.63) is 15.8 Å². The van der Waals surface area contributed by atoms with Crippen LogP contribution in [0.1, 0.15) is 21.5 Å². The van der Waals surface area contributed by atoms with Crippen molar-refractivity contribution in [2.24, 2.45) is 0 Å². The lowest BCUT2D eigenvalue weighted by molar-refractivity contribution is -0.140. The second-order valence-corrected chi connectivity index (χ2v) is 4.21. The van der Waals surface area contributed by atoms with Gasteiger partial charge in [-0.15, -0.1) is 11.3 Å².